The molecule has 0 bridgehead atoms. The van der Waals surface area contributed by atoms with Crippen LogP contribution in [-0.4, -0.2) is 19.0 Å². The van der Waals surface area contributed by atoms with Crippen LogP contribution < -0.4 is 0 Å². The van der Waals surface area contributed by atoms with Crippen molar-refractivity contribution in [2.24, 2.45) is 5.92 Å². The number of hydrogen-bond acceptors (Lipinski definition) is 2. The maximum absolute atomic E-state index is 13.3. The average molecular weight is 226 g/mol. The highest BCUT2D eigenvalue weighted by molar-refractivity contribution is 5.82. The van der Waals surface area contributed by atoms with Crippen molar-refractivity contribution >= 4 is 5.78 Å². The first-order chi connectivity index (χ1) is 7.66. The van der Waals surface area contributed by atoms with Crippen LogP contribution in [0.25, 0.3) is 0 Å². The molecule has 2 nitrogen and oxygen atoms in total. The lowest BCUT2D eigenvalue weighted by atomic mass is 9.93. The Morgan fingerprint density at radius 2 is 2.19 bits per heavy atom. The summed E-state index contributed by atoms with van der Waals surface area (Å²) in [6, 6.07) is 3.29. The van der Waals surface area contributed by atoms with E-state index in [1.54, 1.807) is 0 Å². The number of Topliss-reactive ketones (excluding diaryl/α,β-unsaturated/α-hetero) is 1. The van der Waals surface area contributed by atoms with Crippen LogP contribution in [0, 0.1) is 17.6 Å². The minimum atomic E-state index is -0.486. The first-order valence-electron chi connectivity index (χ1n) is 5.21. The topological polar surface area (TPSA) is 26.3 Å². The summed E-state index contributed by atoms with van der Waals surface area (Å²) in [5.74, 6) is -1.24. The van der Waals surface area contributed by atoms with Gasteiger partial charge in [-0.25, -0.2) is 8.78 Å². The van der Waals surface area contributed by atoms with E-state index < -0.39 is 11.6 Å². The van der Waals surface area contributed by atoms with Crippen LogP contribution in [0.15, 0.2) is 18.2 Å². The van der Waals surface area contributed by atoms with Gasteiger partial charge in [-0.05, 0) is 30.2 Å². The minimum absolute atomic E-state index is 0.0647. The van der Waals surface area contributed by atoms with Crippen molar-refractivity contribution in [1.82, 2.24) is 0 Å². The third kappa shape index (κ3) is 2.44. The molecular formula is C12H12F2O2. The fourth-order valence-corrected chi connectivity index (χ4v) is 1.83. The zero-order valence-corrected chi connectivity index (χ0v) is 8.71. The smallest absolute Gasteiger partial charge is 0.140 e. The van der Waals surface area contributed by atoms with Gasteiger partial charge >= 0.3 is 0 Å². The summed E-state index contributed by atoms with van der Waals surface area (Å²) in [6.07, 6.45) is 0.573. The molecule has 86 valence electrons. The normalized spacial score (nSPS) is 21.1. The molecule has 0 spiro atoms. The van der Waals surface area contributed by atoms with Gasteiger partial charge in [0.2, 0.25) is 0 Å². The van der Waals surface area contributed by atoms with E-state index in [1.165, 1.54) is 0 Å². The van der Waals surface area contributed by atoms with Crippen molar-refractivity contribution < 1.29 is 18.3 Å². The van der Waals surface area contributed by atoms with Gasteiger partial charge in [-0.2, -0.15) is 0 Å². The molecule has 0 saturated carbocycles. The van der Waals surface area contributed by atoms with Gasteiger partial charge in [-0.3, -0.25) is 4.79 Å². The van der Waals surface area contributed by atoms with E-state index in [0.717, 1.165) is 18.2 Å². The minimum Gasteiger partial charge on any atom is -0.380 e. The van der Waals surface area contributed by atoms with Gasteiger partial charge in [-0.15, -0.1) is 0 Å². The van der Waals surface area contributed by atoms with Crippen molar-refractivity contribution in [1.29, 1.82) is 0 Å². The fourth-order valence-electron chi connectivity index (χ4n) is 1.83. The molecule has 1 aliphatic heterocycles. The van der Waals surface area contributed by atoms with E-state index in [-0.39, 0.29) is 23.7 Å². The first kappa shape index (κ1) is 11.2. The van der Waals surface area contributed by atoms with Gasteiger partial charge in [0, 0.05) is 12.3 Å². The lowest BCUT2D eigenvalue weighted by Crippen LogP contribution is -2.29. The Morgan fingerprint density at radius 3 is 2.94 bits per heavy atom. The average Bonchev–Trinajstić information content (AvgIpc) is 2.27. The molecular weight excluding hydrogens is 214 g/mol. The summed E-state index contributed by atoms with van der Waals surface area (Å²) in [6.45, 7) is 0.732. The van der Waals surface area contributed by atoms with Crippen LogP contribution in [0.1, 0.15) is 12.0 Å². The van der Waals surface area contributed by atoms with Crippen molar-refractivity contribution in [3.63, 3.8) is 0 Å². The monoisotopic (exact) mass is 226 g/mol. The Morgan fingerprint density at radius 1 is 1.38 bits per heavy atom. The summed E-state index contributed by atoms with van der Waals surface area (Å²) in [4.78, 5) is 11.5. The zero-order chi connectivity index (χ0) is 11.5. The van der Waals surface area contributed by atoms with E-state index in [1.807, 2.05) is 0 Å². The molecule has 0 amide bonds. The molecule has 4 heteroatoms. The summed E-state index contributed by atoms with van der Waals surface area (Å²) in [5.41, 5.74) is 0.240. The molecule has 1 aliphatic rings. The first-order valence-corrected chi connectivity index (χ1v) is 5.21. The van der Waals surface area contributed by atoms with Gasteiger partial charge in [0.25, 0.3) is 0 Å². The molecule has 0 aromatic heterocycles. The van der Waals surface area contributed by atoms with Crippen LogP contribution in [0.4, 0.5) is 8.78 Å². The summed E-state index contributed by atoms with van der Waals surface area (Å²) < 4.78 is 31.4. The number of carbonyl (C=O) groups is 1. The lowest BCUT2D eigenvalue weighted by molar-refractivity contribution is -0.130. The quantitative estimate of drug-likeness (QED) is 0.772. The Hall–Kier alpha value is -1.29. The maximum atomic E-state index is 13.3. The zero-order valence-electron chi connectivity index (χ0n) is 8.71. The van der Waals surface area contributed by atoms with Gasteiger partial charge in [0.05, 0.1) is 13.2 Å². The second-order valence-corrected chi connectivity index (χ2v) is 3.93. The molecule has 0 N–H and O–H groups in total. The van der Waals surface area contributed by atoms with Crippen molar-refractivity contribution in [2.75, 3.05) is 13.2 Å². The van der Waals surface area contributed by atoms with Crippen LogP contribution in [-0.2, 0) is 16.0 Å². The molecule has 1 aromatic carbocycles. The summed E-state index contributed by atoms with van der Waals surface area (Å²) in [5, 5.41) is 0. The van der Waals surface area contributed by atoms with E-state index in [4.69, 9.17) is 4.74 Å². The number of halogens is 2. The number of hydrogen-bond donors (Lipinski definition) is 0. The van der Waals surface area contributed by atoms with Crippen LogP contribution in [0.5, 0.6) is 0 Å². The number of ketones is 1. The standard InChI is InChI=1S/C12H12F2O2/c13-10-1-2-11(14)8(6-10)5-9-7-16-4-3-12(9)15/h1-2,6,9H,3-5,7H2. The van der Waals surface area contributed by atoms with Crippen molar-refractivity contribution in [2.45, 2.75) is 12.8 Å². The SMILES string of the molecule is O=C1CCOCC1Cc1cc(F)ccc1F. The number of rotatable bonds is 2. The van der Waals surface area contributed by atoms with Gasteiger partial charge in [0.15, 0.2) is 0 Å². The van der Waals surface area contributed by atoms with Gasteiger partial charge in [-0.1, -0.05) is 0 Å². The largest absolute Gasteiger partial charge is 0.380 e. The van der Waals surface area contributed by atoms with E-state index in [0.29, 0.717) is 19.6 Å². The predicted molar refractivity (Wildman–Crippen MR) is 54.0 cm³/mol. The highest BCUT2D eigenvalue weighted by atomic mass is 19.1. The molecule has 2 rings (SSSR count). The van der Waals surface area contributed by atoms with Gasteiger partial charge in [0.1, 0.15) is 17.4 Å². The highest BCUT2D eigenvalue weighted by Crippen LogP contribution is 2.19. The predicted octanol–water partition coefficient (Wildman–Crippen LogP) is 2.11. The van der Waals surface area contributed by atoms with Crippen LogP contribution in [0.2, 0.25) is 0 Å². The van der Waals surface area contributed by atoms with Gasteiger partial charge < -0.3 is 4.74 Å². The summed E-state index contributed by atoms with van der Waals surface area (Å²) in [7, 11) is 0. The molecule has 0 aliphatic carbocycles. The summed E-state index contributed by atoms with van der Waals surface area (Å²) >= 11 is 0. The second kappa shape index (κ2) is 4.70. The molecule has 1 fully saturated rings. The fraction of sp³-hybridized carbons (Fsp3) is 0.417. The molecule has 1 atom stereocenters. The van der Waals surface area contributed by atoms with E-state index in [2.05, 4.69) is 0 Å². The Bertz CT molecular complexity index is 404. The molecule has 16 heavy (non-hydrogen) atoms. The molecule has 1 saturated heterocycles. The van der Waals surface area contributed by atoms with Crippen molar-refractivity contribution in [3.05, 3.63) is 35.4 Å². The highest BCUT2D eigenvalue weighted by Gasteiger charge is 2.24. The molecule has 1 aromatic rings. The second-order valence-electron chi connectivity index (χ2n) is 3.93. The maximum Gasteiger partial charge on any atom is 0.140 e. The van der Waals surface area contributed by atoms with Crippen LogP contribution >= 0.6 is 0 Å². The Kier molecular flexibility index (Phi) is 3.29. The Labute approximate surface area is 92.2 Å². The number of ether oxygens (including phenoxy) is 1. The van der Waals surface area contributed by atoms with Crippen LogP contribution in [0.3, 0.4) is 0 Å². The Balaban J connectivity index is 2.13. The number of carbonyl (C=O) groups excluding carboxylic acids is 1. The van der Waals surface area contributed by atoms with E-state index in [9.17, 15) is 13.6 Å². The lowest BCUT2D eigenvalue weighted by Gasteiger charge is -2.21. The third-order valence-corrected chi connectivity index (χ3v) is 2.74. The van der Waals surface area contributed by atoms with Crippen molar-refractivity contribution in [3.8, 4) is 0 Å². The number of benzene rings is 1. The molecule has 1 unspecified atom stereocenters. The third-order valence-electron chi connectivity index (χ3n) is 2.74. The molecule has 1 heterocycles. The van der Waals surface area contributed by atoms with E-state index >= 15 is 0 Å². The molecule has 0 radical (unpaired) electrons.